The minimum absolute atomic E-state index is 0.0380. The van der Waals surface area contributed by atoms with Crippen LogP contribution in [-0.4, -0.2) is 29.2 Å². The average molecular weight is 198 g/mol. The summed E-state index contributed by atoms with van der Waals surface area (Å²) in [6.07, 6.45) is 5.74. The number of carbonyl (C=O) groups excluding carboxylic acids is 1. The number of carboxylic acid groups (broad SMARTS) is 1. The van der Waals surface area contributed by atoms with Gasteiger partial charge in [-0.05, 0) is 19.8 Å². The van der Waals surface area contributed by atoms with Gasteiger partial charge in [-0.25, -0.2) is 4.79 Å². The third kappa shape index (κ3) is 3.08. The fourth-order valence-corrected chi connectivity index (χ4v) is 1.22. The molecule has 0 radical (unpaired) electrons. The van der Waals surface area contributed by atoms with Gasteiger partial charge in [0, 0.05) is 6.04 Å². The van der Waals surface area contributed by atoms with Crippen molar-refractivity contribution in [1.29, 1.82) is 0 Å². The number of urea groups is 1. The summed E-state index contributed by atoms with van der Waals surface area (Å²) in [5.74, 6) is -1.04. The first kappa shape index (κ1) is 10.6. The molecular formula is C9H14N2O3. The number of allylic oxidation sites excluding steroid dienone is 1. The highest BCUT2D eigenvalue weighted by Crippen LogP contribution is 2.08. The Morgan fingerprint density at radius 2 is 2.29 bits per heavy atom. The Balaban J connectivity index is 2.28. The van der Waals surface area contributed by atoms with Gasteiger partial charge in [-0.2, -0.15) is 0 Å². The highest BCUT2D eigenvalue weighted by Gasteiger charge is 2.16. The molecule has 0 heterocycles. The van der Waals surface area contributed by atoms with Crippen LogP contribution in [0.5, 0.6) is 0 Å². The fraction of sp³-hybridized carbons (Fsp3) is 0.556. The molecule has 0 bridgehead atoms. The van der Waals surface area contributed by atoms with Crippen molar-refractivity contribution in [3.63, 3.8) is 0 Å². The van der Waals surface area contributed by atoms with Gasteiger partial charge in [0.25, 0.3) is 0 Å². The number of aliphatic carboxylic acids is 1. The van der Waals surface area contributed by atoms with E-state index in [9.17, 15) is 9.59 Å². The monoisotopic (exact) mass is 198 g/mol. The van der Waals surface area contributed by atoms with E-state index in [1.165, 1.54) is 6.92 Å². The predicted molar refractivity (Wildman–Crippen MR) is 50.9 cm³/mol. The zero-order valence-corrected chi connectivity index (χ0v) is 7.99. The van der Waals surface area contributed by atoms with Crippen LogP contribution >= 0.6 is 0 Å². The number of nitrogens with one attached hydrogen (secondary N) is 2. The maximum atomic E-state index is 11.2. The number of hydrogen-bond donors (Lipinski definition) is 3. The SMILES string of the molecule is C[C@H](NC(=O)NC1C=CCC1)C(=O)O. The molecular weight excluding hydrogens is 184 g/mol. The Morgan fingerprint density at radius 3 is 2.79 bits per heavy atom. The van der Waals surface area contributed by atoms with E-state index in [2.05, 4.69) is 10.6 Å². The molecule has 0 aromatic rings. The first-order valence-corrected chi connectivity index (χ1v) is 4.56. The lowest BCUT2D eigenvalue weighted by Crippen LogP contribution is -2.46. The summed E-state index contributed by atoms with van der Waals surface area (Å²) in [4.78, 5) is 21.6. The third-order valence-electron chi connectivity index (χ3n) is 2.05. The second-order valence-corrected chi connectivity index (χ2v) is 3.29. The van der Waals surface area contributed by atoms with E-state index in [1.54, 1.807) is 0 Å². The molecule has 0 spiro atoms. The number of rotatable bonds is 3. The predicted octanol–water partition coefficient (Wildman–Crippen LogP) is 0.477. The Morgan fingerprint density at radius 1 is 1.57 bits per heavy atom. The topological polar surface area (TPSA) is 78.4 Å². The summed E-state index contributed by atoms with van der Waals surface area (Å²) in [6, 6.07) is -1.26. The summed E-state index contributed by atoms with van der Waals surface area (Å²) in [5.41, 5.74) is 0. The molecule has 2 atom stereocenters. The lowest BCUT2D eigenvalue weighted by atomic mass is 10.3. The van der Waals surface area contributed by atoms with Crippen LogP contribution in [0, 0.1) is 0 Å². The Bertz CT molecular complexity index is 257. The molecule has 1 aliphatic carbocycles. The van der Waals surface area contributed by atoms with Crippen molar-refractivity contribution in [2.45, 2.75) is 31.8 Å². The van der Waals surface area contributed by atoms with Crippen LogP contribution in [0.2, 0.25) is 0 Å². The molecule has 0 aromatic heterocycles. The quantitative estimate of drug-likeness (QED) is 0.577. The smallest absolute Gasteiger partial charge is 0.325 e. The molecule has 1 unspecified atom stereocenters. The average Bonchev–Trinajstić information content (AvgIpc) is 2.56. The summed E-state index contributed by atoms with van der Waals surface area (Å²) < 4.78 is 0. The third-order valence-corrected chi connectivity index (χ3v) is 2.05. The molecule has 0 saturated carbocycles. The van der Waals surface area contributed by atoms with Gasteiger partial charge >= 0.3 is 12.0 Å². The largest absolute Gasteiger partial charge is 0.480 e. The van der Waals surface area contributed by atoms with Crippen molar-refractivity contribution in [2.24, 2.45) is 0 Å². The van der Waals surface area contributed by atoms with Crippen molar-refractivity contribution in [2.75, 3.05) is 0 Å². The zero-order valence-electron chi connectivity index (χ0n) is 7.99. The number of carbonyl (C=O) groups is 2. The summed E-state index contributed by atoms with van der Waals surface area (Å²) in [6.45, 7) is 1.42. The number of amides is 2. The molecule has 14 heavy (non-hydrogen) atoms. The van der Waals surface area contributed by atoms with Crippen molar-refractivity contribution < 1.29 is 14.7 Å². The van der Waals surface area contributed by atoms with E-state index in [-0.39, 0.29) is 6.04 Å². The minimum atomic E-state index is -1.04. The molecule has 1 rings (SSSR count). The Hall–Kier alpha value is -1.52. The van der Waals surface area contributed by atoms with E-state index in [1.807, 2.05) is 12.2 Å². The number of carboxylic acids is 1. The second-order valence-electron chi connectivity index (χ2n) is 3.29. The van der Waals surface area contributed by atoms with Gasteiger partial charge in [-0.1, -0.05) is 12.2 Å². The van der Waals surface area contributed by atoms with Crippen LogP contribution in [0.1, 0.15) is 19.8 Å². The maximum Gasteiger partial charge on any atom is 0.325 e. The molecule has 1 aliphatic rings. The molecule has 0 aliphatic heterocycles. The fourth-order valence-electron chi connectivity index (χ4n) is 1.22. The van der Waals surface area contributed by atoms with Gasteiger partial charge in [-0.15, -0.1) is 0 Å². The van der Waals surface area contributed by atoms with E-state index in [4.69, 9.17) is 5.11 Å². The van der Waals surface area contributed by atoms with Gasteiger partial charge in [-0.3, -0.25) is 4.79 Å². The van der Waals surface area contributed by atoms with Gasteiger partial charge in [0.1, 0.15) is 6.04 Å². The molecule has 0 saturated heterocycles. The molecule has 0 fully saturated rings. The van der Waals surface area contributed by atoms with Crippen LogP contribution in [0.25, 0.3) is 0 Å². The first-order valence-electron chi connectivity index (χ1n) is 4.56. The van der Waals surface area contributed by atoms with E-state index < -0.39 is 18.0 Å². The maximum absolute atomic E-state index is 11.2. The second kappa shape index (κ2) is 4.64. The lowest BCUT2D eigenvalue weighted by molar-refractivity contribution is -0.138. The Kier molecular flexibility index (Phi) is 3.50. The standard InChI is InChI=1S/C9H14N2O3/c1-6(8(12)13)10-9(14)11-7-4-2-3-5-7/h2,4,6-7H,3,5H2,1H3,(H,12,13)(H2,10,11,14)/t6-,7?/m0/s1. The molecule has 3 N–H and O–H groups in total. The van der Waals surface area contributed by atoms with E-state index in [0.29, 0.717) is 0 Å². The minimum Gasteiger partial charge on any atom is -0.480 e. The van der Waals surface area contributed by atoms with Crippen LogP contribution in [0.4, 0.5) is 4.79 Å². The lowest BCUT2D eigenvalue weighted by Gasteiger charge is -2.13. The van der Waals surface area contributed by atoms with Crippen LogP contribution in [-0.2, 0) is 4.79 Å². The van der Waals surface area contributed by atoms with Crippen molar-refractivity contribution >= 4 is 12.0 Å². The normalized spacial score (nSPS) is 21.6. The molecule has 5 heteroatoms. The summed E-state index contributed by atoms with van der Waals surface area (Å²) in [7, 11) is 0. The van der Waals surface area contributed by atoms with Gasteiger partial charge in [0.05, 0.1) is 0 Å². The van der Waals surface area contributed by atoms with Gasteiger partial charge in [0.15, 0.2) is 0 Å². The summed E-state index contributed by atoms with van der Waals surface area (Å²) in [5, 5.41) is 13.5. The van der Waals surface area contributed by atoms with Crippen molar-refractivity contribution in [1.82, 2.24) is 10.6 Å². The Labute approximate surface area is 82.2 Å². The highest BCUT2D eigenvalue weighted by atomic mass is 16.4. The van der Waals surface area contributed by atoms with Crippen LogP contribution < -0.4 is 10.6 Å². The van der Waals surface area contributed by atoms with Crippen LogP contribution in [0.3, 0.4) is 0 Å². The summed E-state index contributed by atoms with van der Waals surface area (Å²) >= 11 is 0. The van der Waals surface area contributed by atoms with Gasteiger partial charge in [0.2, 0.25) is 0 Å². The highest BCUT2D eigenvalue weighted by molar-refractivity contribution is 5.82. The number of hydrogen-bond acceptors (Lipinski definition) is 2. The van der Waals surface area contributed by atoms with Gasteiger partial charge < -0.3 is 15.7 Å². The van der Waals surface area contributed by atoms with Crippen molar-refractivity contribution in [3.8, 4) is 0 Å². The van der Waals surface area contributed by atoms with Crippen LogP contribution in [0.15, 0.2) is 12.2 Å². The first-order chi connectivity index (χ1) is 6.59. The van der Waals surface area contributed by atoms with E-state index in [0.717, 1.165) is 12.8 Å². The molecule has 0 aromatic carbocycles. The molecule has 78 valence electrons. The molecule has 5 nitrogen and oxygen atoms in total. The van der Waals surface area contributed by atoms with E-state index >= 15 is 0 Å². The zero-order chi connectivity index (χ0) is 10.6. The van der Waals surface area contributed by atoms with Crippen molar-refractivity contribution in [3.05, 3.63) is 12.2 Å². The molecule has 2 amide bonds.